The number of methoxy groups -OCH3 is 1. The van der Waals surface area contributed by atoms with Crippen LogP contribution in [-0.4, -0.2) is 22.1 Å². The Balaban J connectivity index is 2.07. The van der Waals surface area contributed by atoms with Crippen molar-refractivity contribution in [2.75, 3.05) is 12.4 Å². The molecule has 9 heteroatoms. The van der Waals surface area contributed by atoms with Crippen molar-refractivity contribution in [1.82, 2.24) is 15.0 Å². The Morgan fingerprint density at radius 1 is 1.12 bits per heavy atom. The molecule has 0 saturated carbocycles. The van der Waals surface area contributed by atoms with E-state index in [-0.39, 0.29) is 11.6 Å². The van der Waals surface area contributed by atoms with Crippen LogP contribution in [0.3, 0.4) is 0 Å². The van der Waals surface area contributed by atoms with Gasteiger partial charge in [0.2, 0.25) is 0 Å². The summed E-state index contributed by atoms with van der Waals surface area (Å²) >= 11 is 3.34. The standard InChI is InChI=1S/C17H12BrF3N4O/c1-26-11-4-5-12(18)13(7-11)23-15-8-14(17(19,20)21)24-16(25-15)10-3-2-6-22-9-10/h2-9H,1H3,(H,23,24,25). The molecule has 0 fully saturated rings. The number of hydrogen-bond acceptors (Lipinski definition) is 5. The molecule has 1 N–H and O–H groups in total. The first-order valence-electron chi connectivity index (χ1n) is 7.34. The van der Waals surface area contributed by atoms with Gasteiger partial charge in [-0.25, -0.2) is 9.97 Å². The lowest BCUT2D eigenvalue weighted by molar-refractivity contribution is -0.141. The Morgan fingerprint density at radius 2 is 1.92 bits per heavy atom. The van der Waals surface area contributed by atoms with E-state index in [0.717, 1.165) is 6.07 Å². The Bertz CT molecular complexity index is 920. The number of nitrogens with one attached hydrogen (secondary N) is 1. The van der Waals surface area contributed by atoms with Gasteiger partial charge in [0.25, 0.3) is 0 Å². The summed E-state index contributed by atoms with van der Waals surface area (Å²) in [5, 5.41) is 2.87. The fraction of sp³-hybridized carbons (Fsp3) is 0.118. The van der Waals surface area contributed by atoms with E-state index in [1.54, 1.807) is 30.3 Å². The molecule has 0 atom stereocenters. The third kappa shape index (κ3) is 4.10. The Labute approximate surface area is 155 Å². The molecule has 0 radical (unpaired) electrons. The molecule has 0 saturated heterocycles. The van der Waals surface area contributed by atoms with Gasteiger partial charge in [-0.1, -0.05) is 0 Å². The van der Waals surface area contributed by atoms with Gasteiger partial charge in [-0.3, -0.25) is 4.98 Å². The fourth-order valence-electron chi connectivity index (χ4n) is 2.15. The van der Waals surface area contributed by atoms with E-state index in [1.165, 1.54) is 19.5 Å². The van der Waals surface area contributed by atoms with Crippen LogP contribution in [0.4, 0.5) is 24.7 Å². The third-order valence-electron chi connectivity index (χ3n) is 3.37. The summed E-state index contributed by atoms with van der Waals surface area (Å²) in [5.74, 6) is 0.475. The van der Waals surface area contributed by atoms with Crippen molar-refractivity contribution in [2.24, 2.45) is 0 Å². The summed E-state index contributed by atoms with van der Waals surface area (Å²) in [6, 6.07) is 9.12. The van der Waals surface area contributed by atoms with Crippen molar-refractivity contribution in [3.63, 3.8) is 0 Å². The number of anilines is 2. The zero-order valence-electron chi connectivity index (χ0n) is 13.4. The summed E-state index contributed by atoms with van der Waals surface area (Å²) in [6.07, 6.45) is -1.69. The number of alkyl halides is 3. The molecule has 0 aliphatic rings. The van der Waals surface area contributed by atoms with E-state index in [2.05, 4.69) is 36.2 Å². The van der Waals surface area contributed by atoms with Crippen molar-refractivity contribution in [3.8, 4) is 17.1 Å². The lowest BCUT2D eigenvalue weighted by Gasteiger charge is -2.13. The molecule has 3 aromatic rings. The topological polar surface area (TPSA) is 59.9 Å². The van der Waals surface area contributed by atoms with Crippen LogP contribution in [0.5, 0.6) is 5.75 Å². The number of ether oxygens (including phenoxy) is 1. The molecule has 0 bridgehead atoms. The zero-order valence-corrected chi connectivity index (χ0v) is 15.0. The van der Waals surface area contributed by atoms with Crippen LogP contribution in [-0.2, 0) is 6.18 Å². The molecule has 0 amide bonds. The lowest BCUT2D eigenvalue weighted by atomic mass is 10.2. The number of hydrogen-bond donors (Lipinski definition) is 1. The maximum absolute atomic E-state index is 13.2. The summed E-state index contributed by atoms with van der Waals surface area (Å²) < 4.78 is 45.5. The fourth-order valence-corrected chi connectivity index (χ4v) is 2.49. The minimum atomic E-state index is -4.61. The van der Waals surface area contributed by atoms with Gasteiger partial charge < -0.3 is 10.1 Å². The number of benzene rings is 1. The second-order valence-electron chi connectivity index (χ2n) is 5.17. The normalized spacial score (nSPS) is 11.3. The number of rotatable bonds is 4. The first kappa shape index (κ1) is 18.1. The van der Waals surface area contributed by atoms with Crippen molar-refractivity contribution in [1.29, 1.82) is 0 Å². The molecule has 5 nitrogen and oxygen atoms in total. The van der Waals surface area contributed by atoms with E-state index in [4.69, 9.17) is 4.74 Å². The second-order valence-corrected chi connectivity index (χ2v) is 6.03. The van der Waals surface area contributed by atoms with Gasteiger partial charge in [0.15, 0.2) is 11.5 Å². The van der Waals surface area contributed by atoms with Crippen LogP contribution in [0.25, 0.3) is 11.4 Å². The summed E-state index contributed by atoms with van der Waals surface area (Å²) in [6.45, 7) is 0. The largest absolute Gasteiger partial charge is 0.497 e. The molecular weight excluding hydrogens is 413 g/mol. The van der Waals surface area contributed by atoms with Gasteiger partial charge in [0.05, 0.1) is 12.8 Å². The molecule has 1 aromatic carbocycles. The van der Waals surface area contributed by atoms with Crippen molar-refractivity contribution in [3.05, 3.63) is 59.0 Å². The predicted octanol–water partition coefficient (Wildman–Crippen LogP) is 5.07. The Morgan fingerprint density at radius 3 is 2.58 bits per heavy atom. The van der Waals surface area contributed by atoms with Gasteiger partial charge in [-0.15, -0.1) is 0 Å². The molecule has 0 unspecified atom stereocenters. The highest BCUT2D eigenvalue weighted by molar-refractivity contribution is 9.10. The van der Waals surface area contributed by atoms with Crippen LogP contribution in [0.2, 0.25) is 0 Å². The second kappa shape index (κ2) is 7.28. The van der Waals surface area contributed by atoms with Gasteiger partial charge in [0.1, 0.15) is 11.6 Å². The molecule has 134 valence electrons. The summed E-state index contributed by atoms with van der Waals surface area (Å²) in [5.41, 5.74) is -0.160. The highest BCUT2D eigenvalue weighted by atomic mass is 79.9. The number of aromatic nitrogens is 3. The van der Waals surface area contributed by atoms with E-state index >= 15 is 0 Å². The van der Waals surface area contributed by atoms with Crippen LogP contribution >= 0.6 is 15.9 Å². The predicted molar refractivity (Wildman–Crippen MR) is 94.2 cm³/mol. The van der Waals surface area contributed by atoms with E-state index in [1.807, 2.05) is 0 Å². The first-order valence-corrected chi connectivity index (χ1v) is 8.13. The van der Waals surface area contributed by atoms with Gasteiger partial charge in [-0.2, -0.15) is 13.2 Å². The molecule has 0 spiro atoms. The summed E-state index contributed by atoms with van der Waals surface area (Å²) in [7, 11) is 1.50. The average Bonchev–Trinajstić information content (AvgIpc) is 2.63. The quantitative estimate of drug-likeness (QED) is 0.633. The zero-order chi connectivity index (χ0) is 18.7. The van der Waals surface area contributed by atoms with Crippen LogP contribution < -0.4 is 10.1 Å². The van der Waals surface area contributed by atoms with Crippen molar-refractivity contribution >= 4 is 27.4 Å². The first-order chi connectivity index (χ1) is 12.4. The highest BCUT2D eigenvalue weighted by Crippen LogP contribution is 2.33. The SMILES string of the molecule is COc1ccc(Br)c(Nc2cc(C(F)(F)F)nc(-c3cccnc3)n2)c1. The molecule has 3 rings (SSSR count). The Kier molecular flexibility index (Phi) is 5.08. The molecule has 2 aromatic heterocycles. The van der Waals surface area contributed by atoms with Crippen LogP contribution in [0.1, 0.15) is 5.69 Å². The maximum atomic E-state index is 13.2. The highest BCUT2D eigenvalue weighted by Gasteiger charge is 2.34. The molecule has 0 aliphatic carbocycles. The molecule has 26 heavy (non-hydrogen) atoms. The maximum Gasteiger partial charge on any atom is 0.433 e. The molecule has 0 aliphatic heterocycles. The van der Waals surface area contributed by atoms with Crippen molar-refractivity contribution < 1.29 is 17.9 Å². The monoisotopic (exact) mass is 424 g/mol. The minimum Gasteiger partial charge on any atom is -0.497 e. The van der Waals surface area contributed by atoms with Crippen LogP contribution in [0, 0.1) is 0 Å². The van der Waals surface area contributed by atoms with Crippen molar-refractivity contribution in [2.45, 2.75) is 6.18 Å². The molecule has 2 heterocycles. The number of halogens is 4. The summed E-state index contributed by atoms with van der Waals surface area (Å²) in [4.78, 5) is 11.7. The third-order valence-corrected chi connectivity index (χ3v) is 4.06. The number of pyridine rings is 1. The Hall–Kier alpha value is -2.68. The van der Waals surface area contributed by atoms with Gasteiger partial charge in [0, 0.05) is 34.6 Å². The lowest BCUT2D eigenvalue weighted by Crippen LogP contribution is -2.11. The molecular formula is C17H12BrF3N4O. The smallest absolute Gasteiger partial charge is 0.433 e. The van der Waals surface area contributed by atoms with Crippen LogP contribution in [0.15, 0.2) is 53.3 Å². The number of nitrogens with zero attached hydrogens (tertiary/aromatic N) is 3. The average molecular weight is 425 g/mol. The minimum absolute atomic E-state index is 0.000121. The van der Waals surface area contributed by atoms with Gasteiger partial charge in [-0.05, 0) is 40.2 Å². The van der Waals surface area contributed by atoms with E-state index < -0.39 is 11.9 Å². The van der Waals surface area contributed by atoms with E-state index in [0.29, 0.717) is 21.5 Å². The van der Waals surface area contributed by atoms with Gasteiger partial charge >= 0.3 is 6.18 Å². The van der Waals surface area contributed by atoms with E-state index in [9.17, 15) is 13.2 Å².